The van der Waals surface area contributed by atoms with Crippen LogP contribution in [0.1, 0.15) is 30.6 Å². The molecule has 1 aromatic heterocycles. The SMILES string of the molecule is CCC(C)NC(=O)c1ccc(-c2nnco2)cc1. The van der Waals surface area contributed by atoms with Gasteiger partial charge in [-0.2, -0.15) is 0 Å². The molecular formula is C13H15N3O2. The van der Waals surface area contributed by atoms with Crippen molar-refractivity contribution in [2.45, 2.75) is 26.3 Å². The minimum Gasteiger partial charge on any atom is -0.423 e. The van der Waals surface area contributed by atoms with Gasteiger partial charge in [-0.05, 0) is 37.6 Å². The van der Waals surface area contributed by atoms with E-state index in [0.717, 1.165) is 12.0 Å². The van der Waals surface area contributed by atoms with Gasteiger partial charge in [0, 0.05) is 17.2 Å². The Labute approximate surface area is 105 Å². The van der Waals surface area contributed by atoms with Gasteiger partial charge >= 0.3 is 0 Å². The van der Waals surface area contributed by atoms with Gasteiger partial charge in [-0.3, -0.25) is 4.79 Å². The number of hydrogen-bond acceptors (Lipinski definition) is 4. The molecule has 0 aliphatic rings. The number of nitrogens with zero attached hydrogens (tertiary/aromatic N) is 2. The fourth-order valence-electron chi connectivity index (χ4n) is 1.47. The molecule has 1 amide bonds. The smallest absolute Gasteiger partial charge is 0.251 e. The summed E-state index contributed by atoms with van der Waals surface area (Å²) in [6.45, 7) is 4.01. The number of aromatic nitrogens is 2. The summed E-state index contributed by atoms with van der Waals surface area (Å²) in [5.41, 5.74) is 1.42. The van der Waals surface area contributed by atoms with E-state index in [9.17, 15) is 4.79 Å². The third kappa shape index (κ3) is 2.74. The van der Waals surface area contributed by atoms with Crippen LogP contribution >= 0.6 is 0 Å². The van der Waals surface area contributed by atoms with Gasteiger partial charge in [0.15, 0.2) is 0 Å². The van der Waals surface area contributed by atoms with E-state index in [1.165, 1.54) is 6.39 Å². The highest BCUT2D eigenvalue weighted by Crippen LogP contribution is 2.16. The van der Waals surface area contributed by atoms with Crippen LogP contribution in [0.3, 0.4) is 0 Å². The third-order valence-corrected chi connectivity index (χ3v) is 2.74. The molecule has 2 aromatic rings. The van der Waals surface area contributed by atoms with E-state index in [1.54, 1.807) is 24.3 Å². The summed E-state index contributed by atoms with van der Waals surface area (Å²) in [5.74, 6) is 0.380. The number of benzene rings is 1. The van der Waals surface area contributed by atoms with Crippen molar-refractivity contribution >= 4 is 5.91 Å². The minimum absolute atomic E-state index is 0.0681. The van der Waals surface area contributed by atoms with Gasteiger partial charge in [0.25, 0.3) is 5.91 Å². The van der Waals surface area contributed by atoms with Gasteiger partial charge in [-0.1, -0.05) is 6.92 Å². The summed E-state index contributed by atoms with van der Waals surface area (Å²) >= 11 is 0. The molecule has 2 rings (SSSR count). The van der Waals surface area contributed by atoms with Crippen molar-refractivity contribution in [1.29, 1.82) is 0 Å². The van der Waals surface area contributed by atoms with Crippen LogP contribution in [0.5, 0.6) is 0 Å². The lowest BCUT2D eigenvalue weighted by atomic mass is 10.1. The Hall–Kier alpha value is -2.17. The van der Waals surface area contributed by atoms with Gasteiger partial charge in [0.1, 0.15) is 0 Å². The number of carbonyl (C=O) groups excluding carboxylic acids is 1. The summed E-state index contributed by atoms with van der Waals surface area (Å²) in [5, 5.41) is 10.3. The summed E-state index contributed by atoms with van der Waals surface area (Å²) in [4.78, 5) is 11.8. The van der Waals surface area contributed by atoms with Crippen LogP contribution in [-0.2, 0) is 0 Å². The average molecular weight is 245 g/mol. The van der Waals surface area contributed by atoms with Crippen LogP contribution < -0.4 is 5.32 Å². The second-order valence-electron chi connectivity index (χ2n) is 4.10. The van der Waals surface area contributed by atoms with E-state index in [-0.39, 0.29) is 11.9 Å². The molecule has 1 N–H and O–H groups in total. The highest BCUT2D eigenvalue weighted by molar-refractivity contribution is 5.94. The third-order valence-electron chi connectivity index (χ3n) is 2.74. The summed E-state index contributed by atoms with van der Waals surface area (Å²) < 4.78 is 5.08. The Morgan fingerprint density at radius 1 is 1.39 bits per heavy atom. The first kappa shape index (κ1) is 12.3. The van der Waals surface area contributed by atoms with Crippen LogP contribution in [0.2, 0.25) is 0 Å². The van der Waals surface area contributed by atoms with Crippen molar-refractivity contribution in [2.75, 3.05) is 0 Å². The first-order chi connectivity index (χ1) is 8.70. The van der Waals surface area contributed by atoms with Gasteiger partial charge in [-0.25, -0.2) is 0 Å². The predicted molar refractivity (Wildman–Crippen MR) is 67.0 cm³/mol. The molecule has 0 saturated heterocycles. The van der Waals surface area contributed by atoms with Crippen LogP contribution in [0.25, 0.3) is 11.5 Å². The number of carbonyl (C=O) groups is 1. The predicted octanol–water partition coefficient (Wildman–Crippen LogP) is 2.26. The highest BCUT2D eigenvalue weighted by Gasteiger charge is 2.09. The van der Waals surface area contributed by atoms with Gasteiger partial charge in [0.05, 0.1) is 0 Å². The van der Waals surface area contributed by atoms with Gasteiger partial charge in [0.2, 0.25) is 12.3 Å². The van der Waals surface area contributed by atoms with Crippen LogP contribution in [0.4, 0.5) is 0 Å². The summed E-state index contributed by atoms with van der Waals surface area (Å²) in [6.07, 6.45) is 2.19. The molecule has 0 spiro atoms. The Kier molecular flexibility index (Phi) is 3.72. The Morgan fingerprint density at radius 3 is 2.67 bits per heavy atom. The molecule has 1 unspecified atom stereocenters. The molecule has 5 nitrogen and oxygen atoms in total. The van der Waals surface area contributed by atoms with Crippen molar-refractivity contribution in [3.05, 3.63) is 36.2 Å². The van der Waals surface area contributed by atoms with Crippen LogP contribution in [0.15, 0.2) is 35.1 Å². The molecule has 0 fully saturated rings. The normalized spacial score (nSPS) is 12.1. The second-order valence-corrected chi connectivity index (χ2v) is 4.10. The number of rotatable bonds is 4. The van der Waals surface area contributed by atoms with Gasteiger partial charge in [-0.15, -0.1) is 10.2 Å². The monoisotopic (exact) mass is 245 g/mol. The first-order valence-corrected chi connectivity index (χ1v) is 5.88. The van der Waals surface area contributed by atoms with E-state index >= 15 is 0 Å². The van der Waals surface area contributed by atoms with Crippen molar-refractivity contribution < 1.29 is 9.21 Å². The maximum absolute atomic E-state index is 11.8. The molecule has 1 atom stereocenters. The highest BCUT2D eigenvalue weighted by atomic mass is 16.4. The minimum atomic E-state index is -0.0681. The lowest BCUT2D eigenvalue weighted by molar-refractivity contribution is 0.0939. The zero-order valence-electron chi connectivity index (χ0n) is 10.4. The van der Waals surface area contributed by atoms with Crippen molar-refractivity contribution in [3.8, 4) is 11.5 Å². The zero-order valence-corrected chi connectivity index (χ0v) is 10.4. The van der Waals surface area contributed by atoms with Crippen molar-refractivity contribution in [3.63, 3.8) is 0 Å². The Bertz CT molecular complexity index is 506. The summed E-state index contributed by atoms with van der Waals surface area (Å²) in [7, 11) is 0. The zero-order chi connectivity index (χ0) is 13.0. The molecule has 1 aromatic carbocycles. The maximum Gasteiger partial charge on any atom is 0.251 e. The van der Waals surface area contributed by atoms with E-state index in [1.807, 2.05) is 13.8 Å². The molecule has 0 radical (unpaired) electrons. The lowest BCUT2D eigenvalue weighted by Crippen LogP contribution is -2.31. The molecule has 5 heteroatoms. The van der Waals surface area contributed by atoms with E-state index < -0.39 is 0 Å². The largest absolute Gasteiger partial charge is 0.423 e. The van der Waals surface area contributed by atoms with Gasteiger partial charge < -0.3 is 9.73 Å². The first-order valence-electron chi connectivity index (χ1n) is 5.88. The second kappa shape index (κ2) is 5.44. The molecule has 94 valence electrons. The van der Waals surface area contributed by atoms with Crippen LogP contribution in [-0.4, -0.2) is 22.1 Å². The molecule has 0 aliphatic carbocycles. The Morgan fingerprint density at radius 2 is 2.11 bits per heavy atom. The van der Waals surface area contributed by atoms with E-state index in [2.05, 4.69) is 15.5 Å². The fraction of sp³-hybridized carbons (Fsp3) is 0.308. The number of amides is 1. The molecule has 0 aliphatic heterocycles. The van der Waals surface area contributed by atoms with E-state index in [0.29, 0.717) is 11.5 Å². The topological polar surface area (TPSA) is 68.0 Å². The molecule has 0 bridgehead atoms. The average Bonchev–Trinajstić information content (AvgIpc) is 2.92. The van der Waals surface area contributed by atoms with Crippen molar-refractivity contribution in [2.24, 2.45) is 0 Å². The maximum atomic E-state index is 11.8. The number of hydrogen-bond donors (Lipinski definition) is 1. The lowest BCUT2D eigenvalue weighted by Gasteiger charge is -2.11. The molecule has 1 heterocycles. The Balaban J connectivity index is 2.10. The molecule has 0 saturated carbocycles. The fourth-order valence-corrected chi connectivity index (χ4v) is 1.47. The molecular weight excluding hydrogens is 230 g/mol. The standard InChI is InChI=1S/C13H15N3O2/c1-3-9(2)15-12(17)10-4-6-11(7-5-10)13-16-14-8-18-13/h4-9H,3H2,1-2H3,(H,15,17). The van der Waals surface area contributed by atoms with Crippen molar-refractivity contribution in [1.82, 2.24) is 15.5 Å². The quantitative estimate of drug-likeness (QED) is 0.897. The van der Waals surface area contributed by atoms with E-state index in [4.69, 9.17) is 4.42 Å². The van der Waals surface area contributed by atoms with Crippen LogP contribution in [0, 0.1) is 0 Å². The summed E-state index contributed by atoms with van der Waals surface area (Å²) in [6, 6.07) is 7.25. The molecule has 18 heavy (non-hydrogen) atoms. The number of nitrogens with one attached hydrogen (secondary N) is 1.